The Balaban J connectivity index is 1.94. The summed E-state index contributed by atoms with van der Waals surface area (Å²) in [6.45, 7) is 0.453. The van der Waals surface area contributed by atoms with E-state index in [0.29, 0.717) is 29.1 Å². The molecule has 0 bridgehead atoms. The molecule has 140 valence electrons. The van der Waals surface area contributed by atoms with Crippen LogP contribution in [0.25, 0.3) is 0 Å². The van der Waals surface area contributed by atoms with Gasteiger partial charge in [0.1, 0.15) is 0 Å². The summed E-state index contributed by atoms with van der Waals surface area (Å²) in [7, 11) is 1.99. The number of hydrogen-bond acceptors (Lipinski definition) is 2. The summed E-state index contributed by atoms with van der Waals surface area (Å²) in [5, 5.41) is 4.54. The van der Waals surface area contributed by atoms with Gasteiger partial charge in [0.15, 0.2) is 0 Å². The lowest BCUT2D eigenvalue weighted by Crippen LogP contribution is -2.25. The van der Waals surface area contributed by atoms with E-state index in [4.69, 9.17) is 27.8 Å². The Kier molecular flexibility index (Phi) is 6.72. The van der Waals surface area contributed by atoms with E-state index in [1.807, 2.05) is 25.2 Å². The summed E-state index contributed by atoms with van der Waals surface area (Å²) >= 11 is 10.3. The Bertz CT molecular complexity index is 816. The molecule has 0 fully saturated rings. The first kappa shape index (κ1) is 19.8. The Morgan fingerprint density at radius 2 is 1.92 bits per heavy atom. The zero-order valence-electron chi connectivity index (χ0n) is 14.5. The van der Waals surface area contributed by atoms with Crippen molar-refractivity contribution in [1.29, 1.82) is 0 Å². The molecule has 0 saturated heterocycles. The van der Waals surface area contributed by atoms with E-state index in [1.54, 1.807) is 0 Å². The van der Waals surface area contributed by atoms with Gasteiger partial charge < -0.3 is 5.32 Å². The lowest BCUT2D eigenvalue weighted by atomic mass is 9.76. The fourth-order valence-electron chi connectivity index (χ4n) is 3.70. The monoisotopic (exact) mass is 412 g/mol. The van der Waals surface area contributed by atoms with Crippen molar-refractivity contribution in [1.82, 2.24) is 10.0 Å². The fraction of sp³-hybridized carbons (Fsp3) is 0.368. The van der Waals surface area contributed by atoms with E-state index < -0.39 is 11.3 Å². The molecule has 3 atom stereocenters. The Morgan fingerprint density at radius 3 is 2.62 bits per heavy atom. The molecule has 26 heavy (non-hydrogen) atoms. The second-order valence-corrected chi connectivity index (χ2v) is 8.10. The molecule has 4 nitrogen and oxygen atoms in total. The molecule has 0 aromatic heterocycles. The fourth-order valence-corrected chi connectivity index (χ4v) is 4.28. The summed E-state index contributed by atoms with van der Waals surface area (Å²) in [5.74, 6) is 0.268. The number of nitrogens with one attached hydrogen (secondary N) is 2. The van der Waals surface area contributed by atoms with Crippen LogP contribution in [0, 0.1) is 0 Å². The standard InChI is InChI=1S/C19H22Cl2N2O2S/c1-22-19-7-5-14(13-3-6-17(20)18(21)11-13)16-10-12(2-4-15(16)19)8-9-23-26(24)25/h2-4,6,10-11,14,19,22-23H,5,7-9H2,1H3,(H,24,25). The van der Waals surface area contributed by atoms with Crippen molar-refractivity contribution in [2.45, 2.75) is 31.2 Å². The molecule has 3 unspecified atom stereocenters. The average Bonchev–Trinajstić information content (AvgIpc) is 2.62. The number of rotatable bonds is 6. The summed E-state index contributed by atoms with van der Waals surface area (Å²) in [6.07, 6.45) is 2.77. The van der Waals surface area contributed by atoms with Crippen molar-refractivity contribution in [2.75, 3.05) is 13.6 Å². The molecular formula is C19H22Cl2N2O2S. The zero-order valence-corrected chi connectivity index (χ0v) is 16.8. The van der Waals surface area contributed by atoms with Crippen molar-refractivity contribution < 1.29 is 8.76 Å². The molecule has 1 aliphatic carbocycles. The molecule has 0 heterocycles. The summed E-state index contributed by atoms with van der Waals surface area (Å²) in [6, 6.07) is 12.7. The molecule has 1 aliphatic rings. The predicted octanol–water partition coefficient (Wildman–Crippen LogP) is 4.45. The van der Waals surface area contributed by atoms with E-state index in [-0.39, 0.29) is 5.92 Å². The molecule has 2 aromatic rings. The molecule has 3 N–H and O–H groups in total. The smallest absolute Gasteiger partial charge is 0.231 e. The van der Waals surface area contributed by atoms with Crippen LogP contribution < -0.4 is 10.0 Å². The Morgan fingerprint density at radius 1 is 1.12 bits per heavy atom. The van der Waals surface area contributed by atoms with E-state index in [2.05, 4.69) is 28.2 Å². The summed E-state index contributed by atoms with van der Waals surface area (Å²) < 4.78 is 22.2. The van der Waals surface area contributed by atoms with E-state index in [9.17, 15) is 4.21 Å². The first-order valence-corrected chi connectivity index (χ1v) is 10.4. The normalized spacial score (nSPS) is 20.6. The highest BCUT2D eigenvalue weighted by Crippen LogP contribution is 2.42. The maximum Gasteiger partial charge on any atom is 0.231 e. The van der Waals surface area contributed by atoms with Crippen LogP contribution in [0.2, 0.25) is 10.0 Å². The van der Waals surface area contributed by atoms with E-state index in [0.717, 1.165) is 18.4 Å². The minimum atomic E-state index is -1.98. The van der Waals surface area contributed by atoms with Crippen LogP contribution in [0.15, 0.2) is 36.4 Å². The van der Waals surface area contributed by atoms with E-state index in [1.165, 1.54) is 16.7 Å². The number of hydrogen-bond donors (Lipinski definition) is 3. The molecule has 3 rings (SSSR count). The van der Waals surface area contributed by atoms with Crippen LogP contribution in [-0.4, -0.2) is 22.4 Å². The molecule has 2 aromatic carbocycles. The third kappa shape index (κ3) is 4.47. The highest BCUT2D eigenvalue weighted by Gasteiger charge is 2.28. The topological polar surface area (TPSA) is 61.4 Å². The minimum Gasteiger partial charge on any atom is -0.313 e. The van der Waals surface area contributed by atoms with Crippen molar-refractivity contribution in [2.24, 2.45) is 0 Å². The second-order valence-electron chi connectivity index (χ2n) is 6.50. The lowest BCUT2D eigenvalue weighted by molar-refractivity contribution is 0.470. The number of halogens is 2. The van der Waals surface area contributed by atoms with Crippen LogP contribution in [-0.2, 0) is 17.7 Å². The van der Waals surface area contributed by atoms with Crippen molar-refractivity contribution in [3.63, 3.8) is 0 Å². The second kappa shape index (κ2) is 8.83. The van der Waals surface area contributed by atoms with Gasteiger partial charge in [0.25, 0.3) is 0 Å². The van der Waals surface area contributed by atoms with Crippen LogP contribution in [0.5, 0.6) is 0 Å². The van der Waals surface area contributed by atoms with Gasteiger partial charge in [0, 0.05) is 18.5 Å². The van der Waals surface area contributed by atoms with Gasteiger partial charge in [-0.2, -0.15) is 0 Å². The van der Waals surface area contributed by atoms with Crippen molar-refractivity contribution in [3.05, 3.63) is 68.7 Å². The summed E-state index contributed by atoms with van der Waals surface area (Å²) in [4.78, 5) is 0. The van der Waals surface area contributed by atoms with Gasteiger partial charge in [0.2, 0.25) is 11.3 Å². The Labute approximate surface area is 166 Å². The average molecular weight is 413 g/mol. The number of fused-ring (bicyclic) bond motifs is 1. The van der Waals surface area contributed by atoms with Gasteiger partial charge in [-0.1, -0.05) is 47.5 Å². The quantitative estimate of drug-likeness (QED) is 0.614. The van der Waals surface area contributed by atoms with Gasteiger partial charge in [0.05, 0.1) is 10.0 Å². The minimum absolute atomic E-state index is 0.268. The van der Waals surface area contributed by atoms with Gasteiger partial charge >= 0.3 is 0 Å². The molecule has 0 amide bonds. The SMILES string of the molecule is CNC1CCC(c2ccc(Cl)c(Cl)c2)c2cc(CCNS(=O)O)ccc21. The molecule has 0 radical (unpaired) electrons. The maximum atomic E-state index is 10.8. The first-order valence-electron chi connectivity index (χ1n) is 8.59. The van der Waals surface area contributed by atoms with Gasteiger partial charge in [-0.05, 0) is 60.7 Å². The van der Waals surface area contributed by atoms with Gasteiger partial charge in [-0.3, -0.25) is 4.55 Å². The largest absolute Gasteiger partial charge is 0.313 e. The molecule has 0 spiro atoms. The van der Waals surface area contributed by atoms with Crippen molar-refractivity contribution >= 4 is 34.5 Å². The number of benzene rings is 2. The van der Waals surface area contributed by atoms with Gasteiger partial charge in [-0.15, -0.1) is 0 Å². The highest BCUT2D eigenvalue weighted by atomic mass is 35.5. The van der Waals surface area contributed by atoms with Crippen LogP contribution in [0.1, 0.15) is 47.1 Å². The molecule has 0 aliphatic heterocycles. The van der Waals surface area contributed by atoms with Crippen LogP contribution >= 0.6 is 23.2 Å². The lowest BCUT2D eigenvalue weighted by Gasteiger charge is -2.32. The highest BCUT2D eigenvalue weighted by molar-refractivity contribution is 7.77. The Hall–Kier alpha value is -0.950. The van der Waals surface area contributed by atoms with Crippen LogP contribution in [0.3, 0.4) is 0 Å². The zero-order chi connectivity index (χ0) is 18.7. The first-order chi connectivity index (χ1) is 12.5. The predicted molar refractivity (Wildman–Crippen MR) is 108 cm³/mol. The van der Waals surface area contributed by atoms with Gasteiger partial charge in [-0.25, -0.2) is 8.93 Å². The molecule has 0 saturated carbocycles. The van der Waals surface area contributed by atoms with Crippen LogP contribution in [0.4, 0.5) is 0 Å². The third-order valence-corrected chi connectivity index (χ3v) is 6.17. The molecule has 7 heteroatoms. The van der Waals surface area contributed by atoms with Crippen molar-refractivity contribution in [3.8, 4) is 0 Å². The summed E-state index contributed by atoms with van der Waals surface area (Å²) in [5.41, 5.74) is 4.90. The maximum absolute atomic E-state index is 10.8. The molecular weight excluding hydrogens is 391 g/mol. The van der Waals surface area contributed by atoms with E-state index >= 15 is 0 Å². The third-order valence-electron chi connectivity index (χ3n) is 4.98.